The van der Waals surface area contributed by atoms with Gasteiger partial charge in [0, 0.05) is 4.70 Å². The van der Waals surface area contributed by atoms with E-state index >= 15 is 0 Å². The predicted molar refractivity (Wildman–Crippen MR) is 96.7 cm³/mol. The average molecular weight is 350 g/mol. The number of thiophene rings is 2. The number of ether oxygens (including phenoxy) is 1. The molecule has 4 heterocycles. The number of fused-ring (bicyclic) bond motifs is 3. The highest BCUT2D eigenvalue weighted by Gasteiger charge is 2.34. The summed E-state index contributed by atoms with van der Waals surface area (Å²) < 4.78 is 9.60. The number of hydrogen-bond acceptors (Lipinski definition) is 4. The summed E-state index contributed by atoms with van der Waals surface area (Å²) in [4.78, 5) is 9.98. The van der Waals surface area contributed by atoms with Crippen LogP contribution in [0.25, 0.3) is 36.4 Å². The molecule has 0 radical (unpaired) electrons. The maximum atomic E-state index is 7.22. The van der Waals surface area contributed by atoms with Gasteiger partial charge in [-0.05, 0) is 40.4 Å². The normalized spacial score (nSPS) is 12.2. The smallest absolute Gasteiger partial charge is 0.288 e. The number of aromatic nitrogens is 2. The van der Waals surface area contributed by atoms with E-state index in [1.165, 1.54) is 15.6 Å². The molecule has 24 heavy (non-hydrogen) atoms. The first-order valence-electron chi connectivity index (χ1n) is 7.51. The molecule has 1 aliphatic rings. The van der Waals surface area contributed by atoms with Crippen LogP contribution in [0.15, 0.2) is 23.8 Å². The lowest BCUT2D eigenvalue weighted by Crippen LogP contribution is -2.32. The van der Waals surface area contributed by atoms with Crippen LogP contribution in [0.3, 0.4) is 0 Å². The van der Waals surface area contributed by atoms with E-state index in [1.54, 1.807) is 22.7 Å². The van der Waals surface area contributed by atoms with E-state index in [9.17, 15) is 0 Å². The van der Waals surface area contributed by atoms with Gasteiger partial charge in [-0.15, -0.1) is 11.3 Å². The van der Waals surface area contributed by atoms with Crippen LogP contribution >= 0.6 is 22.7 Å². The number of benzene rings is 1. The third-order valence-electron chi connectivity index (χ3n) is 4.51. The Hall–Kier alpha value is -2.49. The molecule has 0 bridgehead atoms. The summed E-state index contributed by atoms with van der Waals surface area (Å²) in [6.45, 7) is 9.70. The van der Waals surface area contributed by atoms with Crippen LogP contribution in [-0.2, 0) is 13.6 Å². The fourth-order valence-electron chi connectivity index (χ4n) is 3.45. The highest BCUT2D eigenvalue weighted by molar-refractivity contribution is 7.19. The van der Waals surface area contributed by atoms with E-state index in [0.29, 0.717) is 6.54 Å². The third kappa shape index (κ3) is 1.66. The van der Waals surface area contributed by atoms with E-state index in [2.05, 4.69) is 38.8 Å². The molecule has 6 heteroatoms. The predicted octanol–water partition coefficient (Wildman–Crippen LogP) is 4.84. The van der Waals surface area contributed by atoms with E-state index in [4.69, 9.17) is 11.3 Å². The zero-order valence-electron chi connectivity index (χ0n) is 13.1. The van der Waals surface area contributed by atoms with Crippen LogP contribution in [0.5, 0.6) is 11.5 Å². The van der Waals surface area contributed by atoms with Gasteiger partial charge in [-0.25, -0.2) is 11.1 Å². The average Bonchev–Trinajstić information content (AvgIpc) is 3.17. The molecular formula is C18H12N3OS2+. The molecule has 4 nitrogen and oxygen atoms in total. The molecule has 0 fully saturated rings. The van der Waals surface area contributed by atoms with Crippen LogP contribution < -0.4 is 9.30 Å². The van der Waals surface area contributed by atoms with Gasteiger partial charge in [0.25, 0.3) is 12.9 Å². The van der Waals surface area contributed by atoms with Gasteiger partial charge in [0.15, 0.2) is 11.4 Å². The van der Waals surface area contributed by atoms with Crippen LogP contribution in [-0.4, -0.2) is 4.98 Å². The van der Waals surface area contributed by atoms with Crippen molar-refractivity contribution in [3.63, 3.8) is 0 Å². The molecule has 1 aliphatic heterocycles. The summed E-state index contributed by atoms with van der Waals surface area (Å²) in [6, 6.07) is 4.29. The van der Waals surface area contributed by atoms with Gasteiger partial charge in [-0.3, -0.25) is 0 Å². The van der Waals surface area contributed by atoms with Crippen molar-refractivity contribution < 1.29 is 9.30 Å². The second-order valence-corrected chi connectivity index (χ2v) is 7.90. The topological polar surface area (TPSA) is 30.4 Å². The standard InChI is InChI=1S/C18H12N3OS2/c1-9-10-4-5-23-12(10)6-11-14(9)16-15-17(22-11)13(7-19-2)24-18(15)20-8-21(16)3/h4-6,8H,7H2,1,3H3/q+1. The Bertz CT molecular complexity index is 1200. The fourth-order valence-corrected chi connectivity index (χ4v) is 5.31. The molecule has 0 saturated carbocycles. The van der Waals surface area contributed by atoms with Gasteiger partial charge >= 0.3 is 0 Å². The molecule has 0 atom stereocenters. The summed E-state index contributed by atoms with van der Waals surface area (Å²) in [5.74, 6) is 1.69. The van der Waals surface area contributed by atoms with Crippen molar-refractivity contribution >= 4 is 43.0 Å². The molecule has 4 aromatic rings. The maximum absolute atomic E-state index is 7.22. The van der Waals surface area contributed by atoms with Crippen LogP contribution in [0.4, 0.5) is 0 Å². The monoisotopic (exact) mass is 350 g/mol. The van der Waals surface area contributed by atoms with Crippen LogP contribution in [0.1, 0.15) is 10.4 Å². The highest BCUT2D eigenvalue weighted by Crippen LogP contribution is 2.52. The molecule has 0 amide bonds. The van der Waals surface area contributed by atoms with Crippen LogP contribution in [0, 0.1) is 13.5 Å². The molecule has 0 N–H and O–H groups in total. The second-order valence-electron chi connectivity index (χ2n) is 5.86. The highest BCUT2D eigenvalue weighted by atomic mass is 32.1. The minimum absolute atomic E-state index is 0.328. The lowest BCUT2D eigenvalue weighted by molar-refractivity contribution is -0.662. The van der Waals surface area contributed by atoms with Gasteiger partial charge in [0.05, 0.1) is 12.6 Å². The van der Waals surface area contributed by atoms with Crippen molar-refractivity contribution in [1.29, 1.82) is 0 Å². The van der Waals surface area contributed by atoms with Crippen molar-refractivity contribution in [2.45, 2.75) is 13.5 Å². The number of hydrogen-bond donors (Lipinski definition) is 0. The van der Waals surface area contributed by atoms with Crippen molar-refractivity contribution in [2.75, 3.05) is 0 Å². The Morgan fingerprint density at radius 1 is 1.42 bits per heavy atom. The summed E-state index contributed by atoms with van der Waals surface area (Å²) in [5.41, 5.74) is 3.50. The molecule has 0 saturated heterocycles. The first-order valence-corrected chi connectivity index (χ1v) is 9.21. The van der Waals surface area contributed by atoms with Crippen molar-refractivity contribution in [2.24, 2.45) is 7.05 Å². The molecule has 3 aromatic heterocycles. The van der Waals surface area contributed by atoms with Crippen molar-refractivity contribution in [3.05, 3.63) is 45.7 Å². The largest absolute Gasteiger partial charge is 0.454 e. The van der Waals surface area contributed by atoms with Gasteiger partial charge < -0.3 is 9.58 Å². The maximum Gasteiger partial charge on any atom is 0.288 e. The Balaban J connectivity index is 1.97. The first-order chi connectivity index (χ1) is 11.7. The summed E-state index contributed by atoms with van der Waals surface area (Å²) >= 11 is 3.28. The van der Waals surface area contributed by atoms with E-state index in [1.807, 2.05) is 13.4 Å². The summed E-state index contributed by atoms with van der Waals surface area (Å²) in [6.07, 6.45) is 1.85. The molecule has 0 spiro atoms. The zero-order chi connectivity index (χ0) is 16.4. The van der Waals surface area contributed by atoms with Crippen molar-refractivity contribution in [3.8, 4) is 22.8 Å². The SMILES string of the molecule is [C-]#[N+]Cc1sc2nc[n+](C)c3c2c1Oc1cc2sccc2c(C)c1-3. The van der Waals surface area contributed by atoms with E-state index < -0.39 is 0 Å². The lowest BCUT2D eigenvalue weighted by atomic mass is 9.97. The zero-order valence-corrected chi connectivity index (χ0v) is 14.7. The van der Waals surface area contributed by atoms with E-state index in [0.717, 1.165) is 37.9 Å². The molecule has 0 unspecified atom stereocenters. The molecule has 5 rings (SSSR count). The summed E-state index contributed by atoms with van der Waals surface area (Å²) in [5, 5.41) is 4.42. The Kier molecular flexibility index (Phi) is 2.76. The fraction of sp³-hybridized carbons (Fsp3) is 0.167. The third-order valence-corrected chi connectivity index (χ3v) is 6.43. The van der Waals surface area contributed by atoms with E-state index in [-0.39, 0.29) is 0 Å². The molecule has 0 aliphatic carbocycles. The molecule has 1 aromatic carbocycles. The van der Waals surface area contributed by atoms with Crippen LogP contribution in [0.2, 0.25) is 0 Å². The van der Waals surface area contributed by atoms with Gasteiger partial charge in [0.2, 0.25) is 4.83 Å². The lowest BCUT2D eigenvalue weighted by Gasteiger charge is -2.19. The Morgan fingerprint density at radius 3 is 3.12 bits per heavy atom. The number of rotatable bonds is 1. The first kappa shape index (κ1) is 13.9. The number of nitrogens with zero attached hydrogens (tertiary/aromatic N) is 3. The van der Waals surface area contributed by atoms with Gasteiger partial charge in [-0.1, -0.05) is 11.3 Å². The molecular weight excluding hydrogens is 338 g/mol. The quantitative estimate of drug-likeness (QED) is 0.320. The van der Waals surface area contributed by atoms with Gasteiger partial charge in [0.1, 0.15) is 16.0 Å². The van der Waals surface area contributed by atoms with Gasteiger partial charge in [-0.2, -0.15) is 0 Å². The minimum Gasteiger partial charge on any atom is -0.454 e. The van der Waals surface area contributed by atoms with Crippen molar-refractivity contribution in [1.82, 2.24) is 4.98 Å². The summed E-state index contributed by atoms with van der Waals surface area (Å²) in [7, 11) is 2.02. The second kappa shape index (κ2) is 4.76. The Morgan fingerprint density at radius 2 is 2.29 bits per heavy atom. The number of aryl methyl sites for hydroxylation is 2. The minimum atomic E-state index is 0.328. The molecule has 116 valence electrons. The Labute approximate surface area is 146 Å².